The number of benzene rings is 1. The second-order valence-electron chi connectivity index (χ2n) is 6.86. The maximum Gasteiger partial charge on any atom is 0.416 e. The van der Waals surface area contributed by atoms with Crippen LogP contribution < -0.4 is 5.32 Å². The van der Waals surface area contributed by atoms with E-state index in [4.69, 9.17) is 0 Å². The van der Waals surface area contributed by atoms with Gasteiger partial charge in [-0.15, -0.1) is 0 Å². The molecule has 0 amide bonds. The van der Waals surface area contributed by atoms with Gasteiger partial charge in [0.25, 0.3) is 0 Å². The lowest BCUT2D eigenvalue weighted by Crippen LogP contribution is -2.47. The van der Waals surface area contributed by atoms with Crippen LogP contribution >= 0.6 is 0 Å². The standard InChI is InChI=1S/C18H24F4N2/c19-16-7-6-14(18(20,21)22)12-15(16)17(13-4-2-1-3-5-13)24-10-8-23-9-11-24/h6-7,12-13,17,23H,1-5,8-11H2/t17-/m0/s1. The first-order valence-electron chi connectivity index (χ1n) is 8.78. The first-order chi connectivity index (χ1) is 11.5. The van der Waals surface area contributed by atoms with E-state index < -0.39 is 17.6 Å². The number of alkyl halides is 3. The summed E-state index contributed by atoms with van der Waals surface area (Å²) in [6.07, 6.45) is 0.801. The van der Waals surface area contributed by atoms with E-state index in [1.165, 1.54) is 0 Å². The van der Waals surface area contributed by atoms with Crippen LogP contribution in [-0.2, 0) is 6.18 Å². The van der Waals surface area contributed by atoms with Crippen LogP contribution in [0.5, 0.6) is 0 Å². The fourth-order valence-corrected chi connectivity index (χ4v) is 4.11. The third-order valence-corrected chi connectivity index (χ3v) is 5.28. The summed E-state index contributed by atoms with van der Waals surface area (Å²) >= 11 is 0. The highest BCUT2D eigenvalue weighted by Gasteiger charge is 2.36. The molecule has 0 bridgehead atoms. The Bertz CT molecular complexity index is 528. The van der Waals surface area contributed by atoms with Crippen LogP contribution in [0.15, 0.2) is 18.2 Å². The second kappa shape index (κ2) is 7.40. The molecule has 1 aliphatic heterocycles. The summed E-state index contributed by atoms with van der Waals surface area (Å²) < 4.78 is 53.8. The normalized spacial score (nSPS) is 22.5. The van der Waals surface area contributed by atoms with Crippen LogP contribution in [-0.4, -0.2) is 31.1 Å². The third kappa shape index (κ3) is 3.91. The molecule has 0 unspecified atom stereocenters. The van der Waals surface area contributed by atoms with E-state index in [-0.39, 0.29) is 17.5 Å². The smallest absolute Gasteiger partial charge is 0.314 e. The van der Waals surface area contributed by atoms with Crippen LogP contribution in [0.25, 0.3) is 0 Å². The summed E-state index contributed by atoms with van der Waals surface area (Å²) in [4.78, 5) is 2.17. The molecule has 1 aliphatic carbocycles. The monoisotopic (exact) mass is 344 g/mol. The van der Waals surface area contributed by atoms with Crippen molar-refractivity contribution in [2.45, 2.75) is 44.3 Å². The zero-order valence-corrected chi connectivity index (χ0v) is 13.7. The number of rotatable bonds is 3. The number of nitrogens with zero attached hydrogens (tertiary/aromatic N) is 1. The number of hydrogen-bond acceptors (Lipinski definition) is 2. The molecule has 2 aliphatic rings. The van der Waals surface area contributed by atoms with Crippen molar-refractivity contribution in [1.82, 2.24) is 10.2 Å². The molecular formula is C18H24F4N2. The topological polar surface area (TPSA) is 15.3 Å². The van der Waals surface area contributed by atoms with Crippen LogP contribution in [0.2, 0.25) is 0 Å². The van der Waals surface area contributed by atoms with Gasteiger partial charge in [0, 0.05) is 37.8 Å². The molecule has 2 fully saturated rings. The van der Waals surface area contributed by atoms with Gasteiger partial charge in [-0.05, 0) is 37.0 Å². The second-order valence-corrected chi connectivity index (χ2v) is 6.86. The minimum atomic E-state index is -4.44. The SMILES string of the molecule is Fc1ccc(C(F)(F)F)cc1[C@H](C1CCCCC1)N1CCNCC1. The number of halogens is 4. The quantitative estimate of drug-likeness (QED) is 0.819. The van der Waals surface area contributed by atoms with E-state index in [1.54, 1.807) is 0 Å². The van der Waals surface area contributed by atoms with Crippen LogP contribution in [0.4, 0.5) is 17.6 Å². The molecule has 1 N–H and O–H groups in total. The molecule has 1 heterocycles. The van der Waals surface area contributed by atoms with E-state index in [9.17, 15) is 17.6 Å². The predicted octanol–water partition coefficient (Wildman–Crippen LogP) is 4.37. The summed E-state index contributed by atoms with van der Waals surface area (Å²) in [5.41, 5.74) is -0.534. The highest BCUT2D eigenvalue weighted by molar-refractivity contribution is 5.30. The largest absolute Gasteiger partial charge is 0.416 e. The molecule has 0 aromatic heterocycles. The Kier molecular flexibility index (Phi) is 5.45. The average molecular weight is 344 g/mol. The fourth-order valence-electron chi connectivity index (χ4n) is 4.11. The Morgan fingerprint density at radius 2 is 1.71 bits per heavy atom. The molecule has 1 aromatic carbocycles. The highest BCUT2D eigenvalue weighted by atomic mass is 19.4. The zero-order chi connectivity index (χ0) is 17.2. The van der Waals surface area contributed by atoms with Crippen molar-refractivity contribution in [3.63, 3.8) is 0 Å². The Morgan fingerprint density at radius 1 is 1.04 bits per heavy atom. The van der Waals surface area contributed by atoms with E-state index in [2.05, 4.69) is 10.2 Å². The van der Waals surface area contributed by atoms with Crippen LogP contribution in [0.1, 0.15) is 49.3 Å². The zero-order valence-electron chi connectivity index (χ0n) is 13.7. The first kappa shape index (κ1) is 17.7. The van der Waals surface area contributed by atoms with Gasteiger partial charge in [0.05, 0.1) is 5.56 Å². The fraction of sp³-hybridized carbons (Fsp3) is 0.667. The van der Waals surface area contributed by atoms with E-state index in [1.807, 2.05) is 0 Å². The van der Waals surface area contributed by atoms with Crippen molar-refractivity contribution in [2.24, 2.45) is 5.92 Å². The van der Waals surface area contributed by atoms with Crippen molar-refractivity contribution in [1.29, 1.82) is 0 Å². The first-order valence-corrected chi connectivity index (χ1v) is 8.78. The number of piperazine rings is 1. The van der Waals surface area contributed by atoms with Gasteiger partial charge in [-0.2, -0.15) is 13.2 Å². The Balaban J connectivity index is 1.97. The van der Waals surface area contributed by atoms with Crippen molar-refractivity contribution in [2.75, 3.05) is 26.2 Å². The van der Waals surface area contributed by atoms with Crippen molar-refractivity contribution < 1.29 is 17.6 Å². The van der Waals surface area contributed by atoms with E-state index in [0.717, 1.165) is 76.5 Å². The summed E-state index contributed by atoms with van der Waals surface area (Å²) in [6, 6.07) is 2.61. The van der Waals surface area contributed by atoms with Crippen molar-refractivity contribution in [3.8, 4) is 0 Å². The Morgan fingerprint density at radius 3 is 2.33 bits per heavy atom. The number of hydrogen-bond donors (Lipinski definition) is 1. The average Bonchev–Trinajstić information content (AvgIpc) is 2.58. The van der Waals surface area contributed by atoms with Crippen LogP contribution in [0, 0.1) is 11.7 Å². The summed E-state index contributed by atoms with van der Waals surface area (Å²) in [5.74, 6) is -0.285. The minimum Gasteiger partial charge on any atom is -0.314 e. The molecule has 1 atom stereocenters. The molecule has 6 heteroatoms. The molecule has 2 nitrogen and oxygen atoms in total. The van der Waals surface area contributed by atoms with Gasteiger partial charge < -0.3 is 5.32 Å². The molecule has 0 radical (unpaired) electrons. The van der Waals surface area contributed by atoms with E-state index >= 15 is 0 Å². The molecular weight excluding hydrogens is 320 g/mol. The maximum absolute atomic E-state index is 14.5. The minimum absolute atomic E-state index is 0.221. The molecule has 1 aromatic rings. The Hall–Kier alpha value is -1.14. The van der Waals surface area contributed by atoms with Gasteiger partial charge >= 0.3 is 6.18 Å². The lowest BCUT2D eigenvalue weighted by molar-refractivity contribution is -0.137. The van der Waals surface area contributed by atoms with Crippen molar-refractivity contribution >= 4 is 0 Å². The highest BCUT2D eigenvalue weighted by Crippen LogP contribution is 2.41. The van der Waals surface area contributed by atoms with Crippen LogP contribution in [0.3, 0.4) is 0 Å². The van der Waals surface area contributed by atoms with E-state index in [0.29, 0.717) is 0 Å². The third-order valence-electron chi connectivity index (χ3n) is 5.28. The molecule has 0 spiro atoms. The Labute approximate surface area is 140 Å². The van der Waals surface area contributed by atoms with Gasteiger partial charge in [-0.1, -0.05) is 19.3 Å². The molecule has 1 saturated carbocycles. The van der Waals surface area contributed by atoms with Gasteiger partial charge in [-0.3, -0.25) is 4.90 Å². The number of nitrogens with one attached hydrogen (secondary N) is 1. The van der Waals surface area contributed by atoms with Gasteiger partial charge in [0.1, 0.15) is 5.82 Å². The van der Waals surface area contributed by atoms with Gasteiger partial charge in [0.2, 0.25) is 0 Å². The predicted molar refractivity (Wildman–Crippen MR) is 85.2 cm³/mol. The lowest BCUT2D eigenvalue weighted by atomic mass is 9.79. The maximum atomic E-state index is 14.5. The summed E-state index contributed by atoms with van der Waals surface area (Å²) in [7, 11) is 0. The lowest BCUT2D eigenvalue weighted by Gasteiger charge is -2.41. The summed E-state index contributed by atoms with van der Waals surface area (Å²) in [5, 5.41) is 3.26. The van der Waals surface area contributed by atoms with Crippen molar-refractivity contribution in [3.05, 3.63) is 35.1 Å². The van der Waals surface area contributed by atoms with Gasteiger partial charge in [-0.25, -0.2) is 4.39 Å². The summed E-state index contributed by atoms with van der Waals surface area (Å²) in [6.45, 7) is 3.08. The molecule has 1 saturated heterocycles. The molecule has 24 heavy (non-hydrogen) atoms. The molecule has 134 valence electrons. The van der Waals surface area contributed by atoms with Gasteiger partial charge in [0.15, 0.2) is 0 Å². The molecule has 3 rings (SSSR count).